The number of amides is 2. The van der Waals surface area contributed by atoms with E-state index < -0.39 is 10.8 Å². The van der Waals surface area contributed by atoms with Crippen LogP contribution in [0.1, 0.15) is 11.7 Å². The van der Waals surface area contributed by atoms with Gasteiger partial charge in [0.2, 0.25) is 0 Å². The third-order valence-electron chi connectivity index (χ3n) is 4.01. The highest BCUT2D eigenvalue weighted by Gasteiger charge is 2.25. The van der Waals surface area contributed by atoms with Crippen LogP contribution in [0.5, 0.6) is 0 Å². The van der Waals surface area contributed by atoms with Crippen molar-refractivity contribution in [3.63, 3.8) is 0 Å². The van der Waals surface area contributed by atoms with Gasteiger partial charge in [-0.2, -0.15) is 0 Å². The van der Waals surface area contributed by atoms with Gasteiger partial charge in [-0.15, -0.1) is 0 Å². The van der Waals surface area contributed by atoms with E-state index in [1.807, 2.05) is 24.3 Å². The smallest absolute Gasteiger partial charge is 0.322 e. The number of rotatable bonds is 3. The number of hydrogen-bond acceptors (Lipinski definition) is 3. The van der Waals surface area contributed by atoms with E-state index >= 15 is 0 Å². The molecule has 1 heterocycles. The van der Waals surface area contributed by atoms with E-state index in [1.54, 1.807) is 35.4 Å². The number of nitrogens with one attached hydrogen (secondary N) is 1. The van der Waals surface area contributed by atoms with Gasteiger partial charge < -0.3 is 15.0 Å². The first-order chi connectivity index (χ1) is 12.0. The highest BCUT2D eigenvalue weighted by molar-refractivity contribution is 9.10. The lowest BCUT2D eigenvalue weighted by Crippen LogP contribution is -2.44. The van der Waals surface area contributed by atoms with Crippen LogP contribution in [0, 0.1) is 0 Å². The number of hydrogen-bond donors (Lipinski definition) is 1. The third kappa shape index (κ3) is 4.68. The summed E-state index contributed by atoms with van der Waals surface area (Å²) in [6.45, 7) is 1.53. The van der Waals surface area contributed by atoms with Gasteiger partial charge in [0.15, 0.2) is 0 Å². The maximum absolute atomic E-state index is 12.6. The molecule has 0 aromatic heterocycles. The zero-order valence-electron chi connectivity index (χ0n) is 13.8. The fourth-order valence-electron chi connectivity index (χ4n) is 2.67. The summed E-state index contributed by atoms with van der Waals surface area (Å²) in [5.41, 5.74) is 1.69. The van der Waals surface area contributed by atoms with Crippen molar-refractivity contribution in [2.75, 3.05) is 31.3 Å². The lowest BCUT2D eigenvalue weighted by atomic mass is 10.1. The topological polar surface area (TPSA) is 58.6 Å². The van der Waals surface area contributed by atoms with Gasteiger partial charge >= 0.3 is 6.03 Å². The number of carbonyl (C=O) groups is 1. The summed E-state index contributed by atoms with van der Waals surface area (Å²) >= 11 is 3.42. The molecule has 3 rings (SSSR count). The average Bonchev–Trinajstić information content (AvgIpc) is 2.62. The van der Waals surface area contributed by atoms with Crippen LogP contribution in [0.25, 0.3) is 0 Å². The Balaban J connectivity index is 1.66. The normalized spacial score (nSPS) is 18.6. The number of nitrogens with zero attached hydrogens (tertiary/aromatic N) is 1. The van der Waals surface area contributed by atoms with Gasteiger partial charge in [-0.05, 0) is 35.9 Å². The van der Waals surface area contributed by atoms with E-state index in [-0.39, 0.29) is 12.1 Å². The average molecular weight is 423 g/mol. The molecule has 2 aromatic rings. The second kappa shape index (κ2) is 8.12. The van der Waals surface area contributed by atoms with Crippen molar-refractivity contribution in [3.8, 4) is 0 Å². The quantitative estimate of drug-likeness (QED) is 0.818. The van der Waals surface area contributed by atoms with Crippen molar-refractivity contribution in [2.45, 2.75) is 11.0 Å². The third-order valence-corrected chi connectivity index (χ3v) is 5.46. The molecule has 25 heavy (non-hydrogen) atoms. The Hall–Kier alpha value is -1.70. The molecule has 0 saturated carbocycles. The summed E-state index contributed by atoms with van der Waals surface area (Å²) in [6, 6.07) is 14.8. The predicted octanol–water partition coefficient (Wildman–Crippen LogP) is 3.79. The molecule has 2 atom stereocenters. The molecular formula is C18H19BrN2O3S. The van der Waals surface area contributed by atoms with Gasteiger partial charge in [0.05, 0.1) is 13.2 Å². The molecule has 132 valence electrons. The van der Waals surface area contributed by atoms with E-state index in [0.717, 1.165) is 10.0 Å². The number of carbonyl (C=O) groups excluding carboxylic acids is 1. The number of anilines is 1. The first-order valence-electron chi connectivity index (χ1n) is 7.89. The summed E-state index contributed by atoms with van der Waals surface area (Å²) in [4.78, 5) is 15.0. The number of urea groups is 1. The van der Waals surface area contributed by atoms with Crippen LogP contribution < -0.4 is 5.32 Å². The second-order valence-electron chi connectivity index (χ2n) is 5.77. The fourth-order valence-corrected chi connectivity index (χ4v) is 3.50. The van der Waals surface area contributed by atoms with Gasteiger partial charge in [0, 0.05) is 38.7 Å². The van der Waals surface area contributed by atoms with E-state index in [2.05, 4.69) is 21.2 Å². The van der Waals surface area contributed by atoms with Crippen LogP contribution in [0.3, 0.4) is 0 Å². The Morgan fingerprint density at radius 2 is 2.04 bits per heavy atom. The molecular weight excluding hydrogens is 404 g/mol. The molecule has 1 saturated heterocycles. The Morgan fingerprint density at radius 3 is 2.76 bits per heavy atom. The monoisotopic (exact) mass is 422 g/mol. The number of benzene rings is 2. The molecule has 0 bridgehead atoms. The van der Waals surface area contributed by atoms with Crippen LogP contribution in [0.2, 0.25) is 0 Å². The van der Waals surface area contributed by atoms with Crippen LogP contribution in [0.15, 0.2) is 57.9 Å². The number of morpholine rings is 1. The van der Waals surface area contributed by atoms with E-state index in [4.69, 9.17) is 4.74 Å². The molecule has 7 heteroatoms. The molecule has 2 aromatic carbocycles. The fraction of sp³-hybridized carbons (Fsp3) is 0.278. The van der Waals surface area contributed by atoms with Crippen molar-refractivity contribution in [2.24, 2.45) is 0 Å². The predicted molar refractivity (Wildman–Crippen MR) is 102 cm³/mol. The zero-order chi connectivity index (χ0) is 17.8. The van der Waals surface area contributed by atoms with Crippen LogP contribution in [-0.2, 0) is 15.5 Å². The molecule has 1 N–H and O–H groups in total. The largest absolute Gasteiger partial charge is 0.370 e. The van der Waals surface area contributed by atoms with Crippen molar-refractivity contribution in [1.82, 2.24) is 4.90 Å². The van der Waals surface area contributed by atoms with Gasteiger partial charge in [-0.1, -0.05) is 34.1 Å². The summed E-state index contributed by atoms with van der Waals surface area (Å²) in [7, 11) is -1.08. The molecule has 2 amide bonds. The maximum atomic E-state index is 12.6. The SMILES string of the molecule is CS(=O)c1cccc(NC(=O)N2CCOC(c3ccc(Br)cc3)C2)c1. The molecule has 1 aliphatic rings. The molecule has 0 aliphatic carbocycles. The minimum atomic E-state index is -1.08. The number of ether oxygens (including phenoxy) is 1. The molecule has 1 fully saturated rings. The Bertz CT molecular complexity index is 782. The molecule has 1 aliphatic heterocycles. The van der Waals surface area contributed by atoms with Gasteiger partial charge in [-0.3, -0.25) is 4.21 Å². The van der Waals surface area contributed by atoms with Crippen LogP contribution in [-0.4, -0.2) is 41.1 Å². The second-order valence-corrected chi connectivity index (χ2v) is 8.06. The molecule has 0 radical (unpaired) electrons. The highest BCUT2D eigenvalue weighted by Crippen LogP contribution is 2.24. The summed E-state index contributed by atoms with van der Waals surface area (Å²) in [6.07, 6.45) is 1.48. The zero-order valence-corrected chi connectivity index (χ0v) is 16.2. The van der Waals surface area contributed by atoms with Crippen molar-refractivity contribution in [1.29, 1.82) is 0 Å². The Morgan fingerprint density at radius 1 is 1.28 bits per heavy atom. The van der Waals surface area contributed by atoms with Crippen LogP contribution in [0.4, 0.5) is 10.5 Å². The molecule has 0 spiro atoms. The van der Waals surface area contributed by atoms with Crippen molar-refractivity contribution in [3.05, 3.63) is 58.6 Å². The van der Waals surface area contributed by atoms with E-state index in [0.29, 0.717) is 30.3 Å². The number of halogens is 1. The summed E-state index contributed by atoms with van der Waals surface area (Å²) in [5, 5.41) is 2.88. The first-order valence-corrected chi connectivity index (χ1v) is 10.2. The van der Waals surface area contributed by atoms with Gasteiger partial charge in [0.25, 0.3) is 0 Å². The minimum Gasteiger partial charge on any atom is -0.370 e. The van der Waals surface area contributed by atoms with E-state index in [9.17, 15) is 9.00 Å². The maximum Gasteiger partial charge on any atom is 0.322 e. The summed E-state index contributed by atoms with van der Waals surface area (Å²) in [5.74, 6) is 0. The molecule has 5 nitrogen and oxygen atoms in total. The standard InChI is InChI=1S/C18H19BrN2O3S/c1-25(23)16-4-2-3-15(11-16)20-18(22)21-9-10-24-17(12-21)13-5-7-14(19)8-6-13/h2-8,11,17H,9-10,12H2,1H3,(H,20,22). The van der Waals surface area contributed by atoms with Gasteiger partial charge in [-0.25, -0.2) is 4.79 Å². The van der Waals surface area contributed by atoms with Gasteiger partial charge in [0.1, 0.15) is 6.10 Å². The first kappa shape index (κ1) is 18.1. The van der Waals surface area contributed by atoms with E-state index in [1.165, 1.54) is 0 Å². The highest BCUT2D eigenvalue weighted by atomic mass is 79.9. The molecule has 2 unspecified atom stereocenters. The Kier molecular flexibility index (Phi) is 5.88. The van der Waals surface area contributed by atoms with Crippen molar-refractivity contribution >= 4 is 38.4 Å². The summed E-state index contributed by atoms with van der Waals surface area (Å²) < 4.78 is 18.4. The lowest BCUT2D eigenvalue weighted by molar-refractivity contribution is -0.0135. The van der Waals surface area contributed by atoms with Crippen LogP contribution >= 0.6 is 15.9 Å². The van der Waals surface area contributed by atoms with Crippen molar-refractivity contribution < 1.29 is 13.7 Å². The Labute approximate surface area is 157 Å². The minimum absolute atomic E-state index is 0.137. The lowest BCUT2D eigenvalue weighted by Gasteiger charge is -2.33.